The van der Waals surface area contributed by atoms with Crippen molar-refractivity contribution in [3.8, 4) is 17.2 Å². The monoisotopic (exact) mass is 585 g/mol. The summed E-state index contributed by atoms with van der Waals surface area (Å²) in [5, 5.41) is 4.47. The quantitative estimate of drug-likeness (QED) is 0.205. The topological polar surface area (TPSA) is 114 Å². The first-order valence-electron chi connectivity index (χ1n) is 13.9. The molecule has 11 nitrogen and oxygen atoms in total. The van der Waals surface area contributed by atoms with Crippen LogP contribution in [0.25, 0.3) is 10.9 Å². The van der Waals surface area contributed by atoms with E-state index in [1.165, 1.54) is 6.33 Å². The molecule has 2 heterocycles. The highest BCUT2D eigenvalue weighted by molar-refractivity contribution is 7.91. The van der Waals surface area contributed by atoms with Gasteiger partial charge < -0.3 is 19.1 Å². The Bertz CT molecular complexity index is 1410. The van der Waals surface area contributed by atoms with Gasteiger partial charge in [0.25, 0.3) is 0 Å². The van der Waals surface area contributed by atoms with Crippen LogP contribution in [-0.4, -0.2) is 87.3 Å². The molecule has 0 radical (unpaired) electrons. The highest BCUT2D eigenvalue weighted by atomic mass is 32.2. The van der Waals surface area contributed by atoms with Crippen LogP contribution in [0.3, 0.4) is 0 Å². The number of rotatable bonds is 14. The van der Waals surface area contributed by atoms with Crippen LogP contribution in [0.4, 0.5) is 11.5 Å². The molecule has 0 N–H and O–H groups in total. The lowest BCUT2D eigenvalue weighted by atomic mass is 10.2. The van der Waals surface area contributed by atoms with Gasteiger partial charge in [-0.15, -0.1) is 0 Å². The maximum absolute atomic E-state index is 12.0. The minimum absolute atomic E-state index is 0.0783. The van der Waals surface area contributed by atoms with E-state index in [0.29, 0.717) is 56.0 Å². The first kappa shape index (κ1) is 30.3. The minimum atomic E-state index is -3.06. The summed E-state index contributed by atoms with van der Waals surface area (Å²) in [5.41, 5.74) is 1.47. The minimum Gasteiger partial charge on any atom is -0.493 e. The molecule has 1 saturated heterocycles. The number of hydrogen-bond acceptors (Lipinski definition) is 10. The van der Waals surface area contributed by atoms with Crippen LogP contribution in [-0.2, 0) is 14.6 Å². The number of ether oxygens (including phenoxy) is 3. The Morgan fingerprint density at radius 1 is 1.02 bits per heavy atom. The van der Waals surface area contributed by atoms with Gasteiger partial charge in [0.1, 0.15) is 27.7 Å². The summed E-state index contributed by atoms with van der Waals surface area (Å²) in [6.07, 6.45) is 3.44. The van der Waals surface area contributed by atoms with E-state index in [0.717, 1.165) is 29.1 Å². The normalized spacial score (nSPS) is 14.3. The van der Waals surface area contributed by atoms with Crippen LogP contribution in [0.15, 0.2) is 42.7 Å². The van der Waals surface area contributed by atoms with Gasteiger partial charge >= 0.3 is 0 Å². The van der Waals surface area contributed by atoms with Crippen molar-refractivity contribution in [1.29, 1.82) is 0 Å². The number of methoxy groups -OCH3 is 1. The number of hydrazine groups is 1. The largest absolute Gasteiger partial charge is 0.493 e. The zero-order valence-corrected chi connectivity index (χ0v) is 25.0. The van der Waals surface area contributed by atoms with Crippen molar-refractivity contribution in [1.82, 2.24) is 15.0 Å². The molecule has 0 saturated carbocycles. The van der Waals surface area contributed by atoms with E-state index in [1.807, 2.05) is 56.1 Å². The van der Waals surface area contributed by atoms with Gasteiger partial charge in [-0.25, -0.2) is 28.4 Å². The lowest BCUT2D eigenvalue weighted by Crippen LogP contribution is -2.54. The van der Waals surface area contributed by atoms with Gasteiger partial charge in [-0.2, -0.15) is 0 Å². The molecule has 1 amide bonds. The number of carbonyl (C=O) groups is 1. The number of sulfone groups is 1. The molecule has 1 aliphatic rings. The summed E-state index contributed by atoms with van der Waals surface area (Å²) >= 11 is 0. The molecule has 0 aliphatic carbocycles. The smallest absolute Gasteiger partial charge is 0.228 e. The number of nitrogens with zero attached hydrogens (tertiary/aromatic N) is 5. The fourth-order valence-corrected chi connectivity index (χ4v) is 6.20. The fourth-order valence-electron chi connectivity index (χ4n) is 4.81. The average molecular weight is 586 g/mol. The van der Waals surface area contributed by atoms with Gasteiger partial charge in [0, 0.05) is 43.4 Å². The standard InChI is InChI=1S/C29H39N5O6S/c1-5-16-41(36,37)17-6-15-39-28-19-26-25(18-27(28)38-4)29(31-20-30-26)32-11-13-33(14-12-32)34(21-35)23-7-9-24(10-8-23)40-22(2)3/h7-10,18-22H,5-6,11-17H2,1-4H3. The zero-order valence-electron chi connectivity index (χ0n) is 24.2. The first-order chi connectivity index (χ1) is 19.7. The van der Waals surface area contributed by atoms with Crippen molar-refractivity contribution in [2.45, 2.75) is 39.7 Å². The van der Waals surface area contributed by atoms with Crippen LogP contribution in [0, 0.1) is 0 Å². The van der Waals surface area contributed by atoms with Crippen molar-refractivity contribution < 1.29 is 27.4 Å². The number of fused-ring (bicyclic) bond motifs is 1. The Kier molecular flexibility index (Phi) is 10.2. The van der Waals surface area contributed by atoms with E-state index in [1.54, 1.807) is 18.2 Å². The Labute approximate surface area is 241 Å². The van der Waals surface area contributed by atoms with E-state index < -0.39 is 9.84 Å². The van der Waals surface area contributed by atoms with Crippen LogP contribution < -0.4 is 24.1 Å². The molecule has 0 unspecified atom stereocenters. The maximum atomic E-state index is 12.0. The first-order valence-corrected chi connectivity index (χ1v) is 15.7. The zero-order chi connectivity index (χ0) is 29.4. The number of benzene rings is 2. The summed E-state index contributed by atoms with van der Waals surface area (Å²) in [7, 11) is -1.49. The summed E-state index contributed by atoms with van der Waals surface area (Å²) in [5.74, 6) is 2.86. The number of carbonyl (C=O) groups excluding carboxylic acids is 1. The molecule has 3 aromatic rings. The van der Waals surface area contributed by atoms with Gasteiger partial charge in [0.2, 0.25) is 6.41 Å². The molecule has 41 heavy (non-hydrogen) atoms. The number of aromatic nitrogens is 2. The Hall–Kier alpha value is -3.64. The second-order valence-electron chi connectivity index (χ2n) is 10.1. The van der Waals surface area contributed by atoms with E-state index in [-0.39, 0.29) is 24.2 Å². The van der Waals surface area contributed by atoms with Crippen LogP contribution in [0.2, 0.25) is 0 Å². The maximum Gasteiger partial charge on any atom is 0.228 e. The predicted molar refractivity (Wildman–Crippen MR) is 160 cm³/mol. The van der Waals surface area contributed by atoms with Crippen LogP contribution in [0.1, 0.15) is 33.6 Å². The fraction of sp³-hybridized carbons (Fsp3) is 0.483. The number of piperazine rings is 1. The third kappa shape index (κ3) is 7.76. The average Bonchev–Trinajstić information content (AvgIpc) is 2.96. The predicted octanol–water partition coefficient (Wildman–Crippen LogP) is 3.72. The second-order valence-corrected chi connectivity index (χ2v) is 12.4. The summed E-state index contributed by atoms with van der Waals surface area (Å²) < 4.78 is 41.2. The van der Waals surface area contributed by atoms with Crippen molar-refractivity contribution in [2.75, 3.05) is 61.3 Å². The van der Waals surface area contributed by atoms with E-state index in [2.05, 4.69) is 14.9 Å². The molecule has 2 aromatic carbocycles. The Morgan fingerprint density at radius 3 is 2.39 bits per heavy atom. The summed E-state index contributed by atoms with van der Waals surface area (Å²) in [6.45, 7) is 8.60. The highest BCUT2D eigenvalue weighted by Gasteiger charge is 2.25. The second kappa shape index (κ2) is 13.8. The molecule has 0 bridgehead atoms. The van der Waals surface area contributed by atoms with E-state index in [4.69, 9.17) is 14.2 Å². The van der Waals surface area contributed by atoms with E-state index >= 15 is 0 Å². The lowest BCUT2D eigenvalue weighted by Gasteiger charge is -2.40. The van der Waals surface area contributed by atoms with Gasteiger partial charge in [-0.1, -0.05) is 6.92 Å². The van der Waals surface area contributed by atoms with Gasteiger partial charge in [-0.05, 0) is 57.0 Å². The summed E-state index contributed by atoms with van der Waals surface area (Å²) in [4.78, 5) is 23.2. The molecule has 222 valence electrons. The molecule has 1 aromatic heterocycles. The Morgan fingerprint density at radius 2 is 1.76 bits per heavy atom. The Balaban J connectivity index is 1.43. The molecule has 1 fully saturated rings. The summed E-state index contributed by atoms with van der Waals surface area (Å²) in [6, 6.07) is 11.2. The number of hydrogen-bond donors (Lipinski definition) is 0. The van der Waals surface area contributed by atoms with Crippen molar-refractivity contribution >= 4 is 38.7 Å². The molecule has 4 rings (SSSR count). The van der Waals surface area contributed by atoms with Gasteiger partial charge in [0.15, 0.2) is 11.5 Å². The van der Waals surface area contributed by atoms with Crippen LogP contribution >= 0.6 is 0 Å². The van der Waals surface area contributed by atoms with Gasteiger partial charge in [0.05, 0.1) is 36.8 Å². The number of anilines is 2. The molecule has 12 heteroatoms. The van der Waals surface area contributed by atoms with Crippen molar-refractivity contribution in [3.05, 3.63) is 42.7 Å². The van der Waals surface area contributed by atoms with Crippen molar-refractivity contribution in [2.24, 2.45) is 0 Å². The third-order valence-electron chi connectivity index (χ3n) is 6.71. The SMILES string of the molecule is CCCS(=O)(=O)CCCOc1cc2ncnc(N3CCN(N(C=O)c4ccc(OC(C)C)cc4)CC3)c2cc1OC. The lowest BCUT2D eigenvalue weighted by molar-refractivity contribution is -0.110. The number of amides is 1. The van der Waals surface area contributed by atoms with Crippen molar-refractivity contribution in [3.63, 3.8) is 0 Å². The van der Waals surface area contributed by atoms with Gasteiger partial charge in [-0.3, -0.25) is 4.79 Å². The third-order valence-corrected chi connectivity index (χ3v) is 8.65. The molecule has 0 atom stereocenters. The molecule has 1 aliphatic heterocycles. The highest BCUT2D eigenvalue weighted by Crippen LogP contribution is 2.35. The van der Waals surface area contributed by atoms with E-state index in [9.17, 15) is 13.2 Å². The van der Waals surface area contributed by atoms with Crippen LogP contribution in [0.5, 0.6) is 17.2 Å². The molecular weight excluding hydrogens is 546 g/mol. The molecular formula is C29H39N5O6S. The molecule has 0 spiro atoms.